The Morgan fingerprint density at radius 1 is 1.23 bits per heavy atom. The largest absolute Gasteiger partial charge is 0.474 e. The first kappa shape index (κ1) is 17.7. The molecule has 1 aromatic carbocycles. The van der Waals surface area contributed by atoms with Crippen molar-refractivity contribution in [2.24, 2.45) is 0 Å². The summed E-state index contributed by atoms with van der Waals surface area (Å²) < 4.78 is 5.71. The van der Waals surface area contributed by atoms with E-state index in [1.54, 1.807) is 26.0 Å². The molecule has 0 atom stereocenters. The molecule has 1 aliphatic rings. The summed E-state index contributed by atoms with van der Waals surface area (Å²) in [4.78, 5) is 30.8. The van der Waals surface area contributed by atoms with Crippen LogP contribution in [0.2, 0.25) is 0 Å². The van der Waals surface area contributed by atoms with Gasteiger partial charge in [0.2, 0.25) is 5.91 Å². The van der Waals surface area contributed by atoms with E-state index in [4.69, 9.17) is 10.5 Å². The van der Waals surface area contributed by atoms with Gasteiger partial charge >= 0.3 is 0 Å². The summed E-state index contributed by atoms with van der Waals surface area (Å²) in [6.45, 7) is 7.05. The number of aromatic nitrogens is 1. The number of carbonyl (C=O) groups excluding carboxylic acids is 2. The number of hydrogen-bond acceptors (Lipinski definition) is 5. The summed E-state index contributed by atoms with van der Waals surface area (Å²) >= 11 is 0. The molecule has 0 unspecified atom stereocenters. The maximum atomic E-state index is 12.8. The number of nitrogens with one attached hydrogen (secondary N) is 1. The van der Waals surface area contributed by atoms with Gasteiger partial charge in [-0.1, -0.05) is 6.07 Å². The van der Waals surface area contributed by atoms with Gasteiger partial charge in [0.25, 0.3) is 5.91 Å². The third kappa shape index (κ3) is 3.46. The third-order valence-corrected chi connectivity index (χ3v) is 4.05. The molecule has 0 saturated heterocycles. The van der Waals surface area contributed by atoms with E-state index in [2.05, 4.69) is 10.3 Å². The number of carbonyl (C=O) groups is 2. The molecule has 7 nitrogen and oxygen atoms in total. The number of ether oxygens (including phenoxy) is 1. The molecule has 3 rings (SSSR count). The number of nitrogen functional groups attached to an aromatic ring is 1. The summed E-state index contributed by atoms with van der Waals surface area (Å²) in [5.74, 6) is 0.252. The number of hydrogen-bond donors (Lipinski definition) is 2. The number of nitrogens with zero attached hydrogens (tertiary/aromatic N) is 2. The fourth-order valence-corrected chi connectivity index (χ4v) is 3.00. The minimum atomic E-state index is -1.09. The van der Waals surface area contributed by atoms with Gasteiger partial charge in [0.1, 0.15) is 12.4 Å². The molecular formula is C19H22N4O3. The summed E-state index contributed by atoms with van der Waals surface area (Å²) in [7, 11) is 0. The van der Waals surface area contributed by atoms with E-state index in [1.807, 2.05) is 32.0 Å². The smallest absolute Gasteiger partial charge is 0.272 e. The van der Waals surface area contributed by atoms with Gasteiger partial charge in [0.15, 0.2) is 17.2 Å². The summed E-state index contributed by atoms with van der Waals surface area (Å²) in [6.07, 6.45) is 0. The zero-order chi connectivity index (χ0) is 19.1. The molecule has 0 fully saturated rings. The van der Waals surface area contributed by atoms with Crippen LogP contribution in [0.1, 0.15) is 25.0 Å². The maximum Gasteiger partial charge on any atom is 0.272 e. The molecule has 2 amide bonds. The minimum absolute atomic E-state index is 0.179. The fraction of sp³-hybridized carbons (Fsp3) is 0.316. The van der Waals surface area contributed by atoms with Gasteiger partial charge in [-0.05, 0) is 63.1 Å². The molecule has 26 heavy (non-hydrogen) atoms. The zero-order valence-corrected chi connectivity index (χ0v) is 15.3. The van der Waals surface area contributed by atoms with Crippen LogP contribution in [0.3, 0.4) is 0 Å². The second kappa shape index (κ2) is 6.33. The van der Waals surface area contributed by atoms with Crippen LogP contribution < -0.4 is 20.7 Å². The van der Waals surface area contributed by atoms with Gasteiger partial charge < -0.3 is 15.8 Å². The van der Waals surface area contributed by atoms with Crippen molar-refractivity contribution in [3.8, 4) is 5.75 Å². The van der Waals surface area contributed by atoms with E-state index in [0.717, 1.165) is 11.1 Å². The number of anilines is 3. The van der Waals surface area contributed by atoms with E-state index in [1.165, 1.54) is 4.90 Å². The second-order valence-electron chi connectivity index (χ2n) is 6.99. The van der Waals surface area contributed by atoms with E-state index >= 15 is 0 Å². The van der Waals surface area contributed by atoms with E-state index in [9.17, 15) is 9.59 Å². The lowest BCUT2D eigenvalue weighted by Gasteiger charge is -2.37. The predicted molar refractivity (Wildman–Crippen MR) is 100 cm³/mol. The van der Waals surface area contributed by atoms with Crippen LogP contribution in [0, 0.1) is 13.8 Å². The predicted octanol–water partition coefficient (Wildman–Crippen LogP) is 2.42. The number of rotatable bonds is 3. The Morgan fingerprint density at radius 3 is 2.54 bits per heavy atom. The van der Waals surface area contributed by atoms with Crippen molar-refractivity contribution < 1.29 is 14.3 Å². The lowest BCUT2D eigenvalue weighted by molar-refractivity contribution is -0.133. The first-order valence-corrected chi connectivity index (χ1v) is 8.31. The molecular weight excluding hydrogens is 332 g/mol. The normalized spacial score (nSPS) is 15.2. The Kier molecular flexibility index (Phi) is 4.31. The Labute approximate surface area is 152 Å². The third-order valence-electron chi connectivity index (χ3n) is 4.05. The Balaban J connectivity index is 1.86. The molecule has 1 aromatic heterocycles. The lowest BCUT2D eigenvalue weighted by atomic mass is 10.1. The van der Waals surface area contributed by atoms with Crippen molar-refractivity contribution in [1.29, 1.82) is 0 Å². The highest BCUT2D eigenvalue weighted by molar-refractivity contribution is 6.07. The monoisotopic (exact) mass is 354 g/mol. The molecule has 136 valence electrons. The summed E-state index contributed by atoms with van der Waals surface area (Å²) in [5.41, 5.74) is 7.43. The molecule has 0 bridgehead atoms. The van der Waals surface area contributed by atoms with E-state index in [-0.39, 0.29) is 30.0 Å². The van der Waals surface area contributed by atoms with Crippen molar-refractivity contribution >= 4 is 29.1 Å². The number of pyridine rings is 1. The number of nitrogens with two attached hydrogens (primary N) is 1. The van der Waals surface area contributed by atoms with Gasteiger partial charge in [0, 0.05) is 5.69 Å². The van der Waals surface area contributed by atoms with Gasteiger partial charge in [-0.15, -0.1) is 0 Å². The SMILES string of the molecule is Cc1cc(C)cc(NC(=O)CN2C(=O)C(C)(C)Oc3ccc(N)nc32)c1. The van der Waals surface area contributed by atoms with E-state index < -0.39 is 5.60 Å². The average Bonchev–Trinajstić information content (AvgIpc) is 2.51. The number of fused-ring (bicyclic) bond motifs is 1. The van der Waals surface area contributed by atoms with Crippen molar-refractivity contribution in [3.05, 3.63) is 41.5 Å². The van der Waals surface area contributed by atoms with Gasteiger partial charge in [0.05, 0.1) is 0 Å². The zero-order valence-electron chi connectivity index (χ0n) is 15.3. The summed E-state index contributed by atoms with van der Waals surface area (Å²) in [5, 5.41) is 2.83. The van der Waals surface area contributed by atoms with Crippen LogP contribution in [0.25, 0.3) is 0 Å². The molecule has 7 heteroatoms. The van der Waals surface area contributed by atoms with Gasteiger partial charge in [-0.2, -0.15) is 0 Å². The maximum absolute atomic E-state index is 12.8. The van der Waals surface area contributed by atoms with Gasteiger partial charge in [-0.3, -0.25) is 14.5 Å². The van der Waals surface area contributed by atoms with E-state index in [0.29, 0.717) is 11.4 Å². The molecule has 0 spiro atoms. The lowest BCUT2D eigenvalue weighted by Crippen LogP contribution is -2.54. The average molecular weight is 354 g/mol. The van der Waals surface area contributed by atoms with Crippen molar-refractivity contribution in [3.63, 3.8) is 0 Å². The Morgan fingerprint density at radius 2 is 1.88 bits per heavy atom. The van der Waals surface area contributed by atoms with Crippen LogP contribution in [0.5, 0.6) is 5.75 Å². The Bertz CT molecular complexity index is 872. The first-order valence-electron chi connectivity index (χ1n) is 8.31. The van der Waals surface area contributed by atoms with Crippen LogP contribution >= 0.6 is 0 Å². The van der Waals surface area contributed by atoms with Crippen molar-refractivity contribution in [2.75, 3.05) is 22.5 Å². The number of benzene rings is 1. The van der Waals surface area contributed by atoms with Crippen molar-refractivity contribution in [2.45, 2.75) is 33.3 Å². The molecule has 2 heterocycles. The highest BCUT2D eigenvalue weighted by atomic mass is 16.5. The minimum Gasteiger partial charge on any atom is -0.474 e. The molecule has 0 radical (unpaired) electrons. The van der Waals surface area contributed by atoms with Crippen LogP contribution in [0.4, 0.5) is 17.3 Å². The van der Waals surface area contributed by atoms with Crippen LogP contribution in [-0.2, 0) is 9.59 Å². The standard InChI is InChI=1S/C19H22N4O3/c1-11-7-12(2)9-13(8-11)21-16(24)10-23-17-14(5-6-15(20)22-17)26-19(3,4)18(23)25/h5-9H,10H2,1-4H3,(H2,20,22)(H,21,24). The van der Waals surface area contributed by atoms with Crippen LogP contribution in [0.15, 0.2) is 30.3 Å². The quantitative estimate of drug-likeness (QED) is 0.882. The second-order valence-corrected chi connectivity index (χ2v) is 6.99. The Hall–Kier alpha value is -3.09. The molecule has 1 aliphatic heterocycles. The van der Waals surface area contributed by atoms with Crippen LogP contribution in [-0.4, -0.2) is 28.9 Å². The highest BCUT2D eigenvalue weighted by Crippen LogP contribution is 2.36. The highest BCUT2D eigenvalue weighted by Gasteiger charge is 2.42. The molecule has 3 N–H and O–H groups in total. The fourth-order valence-electron chi connectivity index (χ4n) is 3.00. The molecule has 0 aliphatic carbocycles. The summed E-state index contributed by atoms with van der Waals surface area (Å²) in [6, 6.07) is 9.02. The topological polar surface area (TPSA) is 97.5 Å². The number of aryl methyl sites for hydroxylation is 2. The van der Waals surface area contributed by atoms with Gasteiger partial charge in [-0.25, -0.2) is 4.98 Å². The number of amides is 2. The first-order chi connectivity index (χ1) is 12.2. The molecule has 2 aromatic rings. The van der Waals surface area contributed by atoms with Crippen molar-refractivity contribution in [1.82, 2.24) is 4.98 Å². The molecule has 0 saturated carbocycles.